The van der Waals surface area contributed by atoms with Gasteiger partial charge in [-0.25, -0.2) is 4.98 Å². The molecular formula is C19H27N4O2P. The molecule has 0 bridgehead atoms. The number of anilines is 1. The van der Waals surface area contributed by atoms with Crippen molar-refractivity contribution in [1.82, 2.24) is 14.5 Å². The van der Waals surface area contributed by atoms with Gasteiger partial charge in [0.05, 0.1) is 18.9 Å². The SMILES string of the molecule is Cc1cc(=O)n(-c2ccc(NCCCN3CCOCC3)c(P)c2)c(C)n1. The average Bonchev–Trinajstić information content (AvgIpc) is 2.60. The molecule has 0 saturated carbocycles. The molecule has 1 aromatic carbocycles. The second-order valence-electron chi connectivity index (χ2n) is 6.62. The summed E-state index contributed by atoms with van der Waals surface area (Å²) in [5, 5.41) is 4.53. The molecule has 1 fully saturated rings. The molecule has 1 aromatic heterocycles. The summed E-state index contributed by atoms with van der Waals surface area (Å²) in [7, 11) is 2.75. The highest BCUT2D eigenvalue weighted by molar-refractivity contribution is 7.28. The summed E-state index contributed by atoms with van der Waals surface area (Å²) < 4.78 is 7.01. The van der Waals surface area contributed by atoms with Crippen molar-refractivity contribution in [3.63, 3.8) is 0 Å². The van der Waals surface area contributed by atoms with Gasteiger partial charge in [-0.3, -0.25) is 14.3 Å². The van der Waals surface area contributed by atoms with E-state index in [0.717, 1.165) is 68.2 Å². The van der Waals surface area contributed by atoms with Crippen LogP contribution in [0.3, 0.4) is 0 Å². The standard InChI is InChI=1S/C19H27N4O2P/c1-14-12-19(24)23(15(2)21-14)16-4-5-17(18(26)13-16)20-6-3-7-22-8-10-25-11-9-22/h4-5,12-13,20H,3,6-11,26H2,1-2H3. The lowest BCUT2D eigenvalue weighted by Gasteiger charge is -2.26. The van der Waals surface area contributed by atoms with Crippen LogP contribution in [0.2, 0.25) is 0 Å². The molecule has 1 saturated heterocycles. The van der Waals surface area contributed by atoms with Crippen LogP contribution in [-0.2, 0) is 4.74 Å². The van der Waals surface area contributed by atoms with E-state index in [1.54, 1.807) is 10.6 Å². The third kappa shape index (κ3) is 4.70. The van der Waals surface area contributed by atoms with Crippen LogP contribution in [0.4, 0.5) is 5.69 Å². The zero-order valence-electron chi connectivity index (χ0n) is 15.5. The van der Waals surface area contributed by atoms with Crippen LogP contribution in [0.5, 0.6) is 0 Å². The fourth-order valence-corrected chi connectivity index (χ4v) is 3.62. The van der Waals surface area contributed by atoms with Crippen LogP contribution in [0.1, 0.15) is 17.9 Å². The summed E-state index contributed by atoms with van der Waals surface area (Å²) in [6.07, 6.45) is 1.09. The van der Waals surface area contributed by atoms with Gasteiger partial charge in [-0.05, 0) is 50.3 Å². The Morgan fingerprint density at radius 2 is 2.00 bits per heavy atom. The lowest BCUT2D eigenvalue weighted by molar-refractivity contribution is 0.0378. The van der Waals surface area contributed by atoms with Gasteiger partial charge in [0.25, 0.3) is 5.56 Å². The number of hydrogen-bond donors (Lipinski definition) is 1. The van der Waals surface area contributed by atoms with E-state index in [0.29, 0.717) is 5.82 Å². The predicted octanol–water partition coefficient (Wildman–Crippen LogP) is 1.48. The first-order valence-corrected chi connectivity index (χ1v) is 9.63. The second kappa shape index (κ2) is 8.76. The average molecular weight is 374 g/mol. The van der Waals surface area contributed by atoms with E-state index < -0.39 is 0 Å². The Morgan fingerprint density at radius 1 is 1.23 bits per heavy atom. The molecule has 2 heterocycles. The summed E-state index contributed by atoms with van der Waals surface area (Å²) in [5.41, 5.74) is 2.61. The number of benzene rings is 1. The Bertz CT molecular complexity index is 816. The Labute approximate surface area is 156 Å². The van der Waals surface area contributed by atoms with Gasteiger partial charge < -0.3 is 10.1 Å². The molecule has 3 rings (SSSR count). The number of aromatic nitrogens is 2. The van der Waals surface area contributed by atoms with Crippen LogP contribution in [0, 0.1) is 13.8 Å². The van der Waals surface area contributed by atoms with Gasteiger partial charge in [0, 0.05) is 37.1 Å². The van der Waals surface area contributed by atoms with E-state index in [9.17, 15) is 4.79 Å². The smallest absolute Gasteiger partial charge is 0.258 e. The summed E-state index contributed by atoms with van der Waals surface area (Å²) in [6.45, 7) is 9.45. The molecule has 2 aromatic rings. The zero-order chi connectivity index (χ0) is 18.5. The molecule has 1 aliphatic heterocycles. The van der Waals surface area contributed by atoms with Crippen molar-refractivity contribution >= 4 is 20.2 Å². The molecule has 26 heavy (non-hydrogen) atoms. The topological polar surface area (TPSA) is 59.4 Å². The Balaban J connectivity index is 1.62. The zero-order valence-corrected chi connectivity index (χ0v) is 16.6. The largest absolute Gasteiger partial charge is 0.384 e. The first-order valence-electron chi connectivity index (χ1n) is 9.06. The van der Waals surface area contributed by atoms with Crippen molar-refractivity contribution in [2.45, 2.75) is 20.3 Å². The highest BCUT2D eigenvalue weighted by Gasteiger charge is 2.10. The number of nitrogens with zero attached hydrogens (tertiary/aromatic N) is 3. The monoisotopic (exact) mass is 374 g/mol. The summed E-state index contributed by atoms with van der Waals surface area (Å²) >= 11 is 0. The van der Waals surface area contributed by atoms with Gasteiger partial charge in [-0.15, -0.1) is 9.24 Å². The first kappa shape index (κ1) is 19.0. The van der Waals surface area contributed by atoms with Crippen molar-refractivity contribution in [3.8, 4) is 5.69 Å². The molecule has 1 atom stereocenters. The Morgan fingerprint density at radius 3 is 2.69 bits per heavy atom. The predicted molar refractivity (Wildman–Crippen MR) is 109 cm³/mol. The fraction of sp³-hybridized carbons (Fsp3) is 0.474. The minimum absolute atomic E-state index is 0.0504. The van der Waals surface area contributed by atoms with Crippen LogP contribution < -0.4 is 16.2 Å². The van der Waals surface area contributed by atoms with Gasteiger partial charge in [0.15, 0.2) is 0 Å². The van der Waals surface area contributed by atoms with Crippen molar-refractivity contribution < 1.29 is 4.74 Å². The minimum Gasteiger partial charge on any atom is -0.384 e. The third-order valence-corrected chi connectivity index (χ3v) is 5.06. The molecule has 1 aliphatic rings. The van der Waals surface area contributed by atoms with E-state index in [4.69, 9.17) is 4.74 Å². The number of hydrogen-bond acceptors (Lipinski definition) is 5. The molecule has 0 aliphatic carbocycles. The van der Waals surface area contributed by atoms with Gasteiger partial charge in [0.2, 0.25) is 0 Å². The molecule has 140 valence electrons. The summed E-state index contributed by atoms with van der Waals surface area (Å²) in [4.78, 5) is 19.1. The maximum Gasteiger partial charge on any atom is 0.258 e. The van der Waals surface area contributed by atoms with Crippen molar-refractivity contribution in [2.75, 3.05) is 44.7 Å². The molecule has 6 nitrogen and oxygen atoms in total. The highest BCUT2D eigenvalue weighted by atomic mass is 31.0. The molecule has 0 radical (unpaired) electrons. The molecule has 0 spiro atoms. The van der Waals surface area contributed by atoms with Crippen LogP contribution >= 0.6 is 9.24 Å². The van der Waals surface area contributed by atoms with Crippen LogP contribution in [-0.4, -0.2) is 53.8 Å². The van der Waals surface area contributed by atoms with E-state index in [1.165, 1.54) is 0 Å². The first-order chi connectivity index (χ1) is 12.5. The van der Waals surface area contributed by atoms with Gasteiger partial charge in [-0.1, -0.05) is 0 Å². The number of rotatable bonds is 6. The molecule has 7 heteroatoms. The van der Waals surface area contributed by atoms with E-state index in [-0.39, 0.29) is 5.56 Å². The number of morpholine rings is 1. The molecule has 1 N–H and O–H groups in total. The maximum absolute atomic E-state index is 12.3. The van der Waals surface area contributed by atoms with E-state index in [1.807, 2.05) is 32.0 Å². The Hall–Kier alpha value is -1.75. The van der Waals surface area contributed by atoms with Crippen molar-refractivity contribution in [2.24, 2.45) is 0 Å². The van der Waals surface area contributed by atoms with Gasteiger partial charge in [0.1, 0.15) is 5.82 Å². The lowest BCUT2D eigenvalue weighted by Crippen LogP contribution is -2.37. The van der Waals surface area contributed by atoms with Crippen LogP contribution in [0.15, 0.2) is 29.1 Å². The molecular weight excluding hydrogens is 347 g/mol. The van der Waals surface area contributed by atoms with Crippen molar-refractivity contribution in [3.05, 3.63) is 46.1 Å². The molecule has 1 unspecified atom stereocenters. The summed E-state index contributed by atoms with van der Waals surface area (Å²) in [6, 6.07) is 7.55. The normalized spacial score (nSPS) is 15.2. The number of nitrogens with one attached hydrogen (secondary N) is 1. The number of aryl methyl sites for hydroxylation is 2. The summed E-state index contributed by atoms with van der Waals surface area (Å²) in [5.74, 6) is 0.700. The second-order valence-corrected chi connectivity index (χ2v) is 7.25. The van der Waals surface area contributed by atoms with Crippen LogP contribution in [0.25, 0.3) is 5.69 Å². The van der Waals surface area contributed by atoms with Gasteiger partial charge >= 0.3 is 0 Å². The van der Waals surface area contributed by atoms with E-state index in [2.05, 4.69) is 24.4 Å². The minimum atomic E-state index is -0.0504. The highest BCUT2D eigenvalue weighted by Crippen LogP contribution is 2.14. The number of ether oxygens (including phenoxy) is 1. The van der Waals surface area contributed by atoms with Gasteiger partial charge in [-0.2, -0.15) is 0 Å². The fourth-order valence-electron chi connectivity index (χ4n) is 3.25. The van der Waals surface area contributed by atoms with Crippen molar-refractivity contribution in [1.29, 1.82) is 0 Å². The van der Waals surface area contributed by atoms with E-state index >= 15 is 0 Å². The Kier molecular flexibility index (Phi) is 6.41. The third-order valence-electron chi connectivity index (χ3n) is 4.58. The molecule has 0 amide bonds. The lowest BCUT2D eigenvalue weighted by atomic mass is 10.2. The quantitative estimate of drug-likeness (QED) is 0.613. The maximum atomic E-state index is 12.3.